The van der Waals surface area contributed by atoms with Gasteiger partial charge in [0.25, 0.3) is 0 Å². The molecule has 4 aromatic carbocycles. The second-order valence-electron chi connectivity index (χ2n) is 10.3. The molecule has 0 saturated heterocycles. The molecule has 3 heteroatoms. The summed E-state index contributed by atoms with van der Waals surface area (Å²) in [7, 11) is 0. The summed E-state index contributed by atoms with van der Waals surface area (Å²) in [4.78, 5) is 0. The minimum Gasteiger partial charge on any atom is -1.00 e. The zero-order chi connectivity index (χ0) is 25.4. The molecule has 0 fully saturated rings. The number of aryl methyl sites for hydroxylation is 2. The van der Waals surface area contributed by atoms with E-state index in [0.29, 0.717) is 3.63 Å². The second kappa shape index (κ2) is 12.9. The molecule has 0 amide bonds. The van der Waals surface area contributed by atoms with E-state index < -0.39 is 22.8 Å². The fourth-order valence-corrected chi connectivity index (χ4v) is 10.5. The van der Waals surface area contributed by atoms with Gasteiger partial charge in [0.05, 0.1) is 0 Å². The molecule has 0 nitrogen and oxygen atoms in total. The van der Waals surface area contributed by atoms with Crippen LogP contribution in [0.4, 0.5) is 0 Å². The van der Waals surface area contributed by atoms with Crippen molar-refractivity contribution >= 4 is 8.78 Å². The van der Waals surface area contributed by atoms with Crippen molar-refractivity contribution in [1.29, 1.82) is 0 Å². The molecule has 0 aliphatic heterocycles. The van der Waals surface area contributed by atoms with Gasteiger partial charge in [-0.2, -0.15) is 0 Å². The van der Waals surface area contributed by atoms with Crippen LogP contribution in [0.15, 0.2) is 103 Å². The molecule has 0 N–H and O–H groups in total. The Kier molecular flexibility index (Phi) is 9.82. The van der Waals surface area contributed by atoms with Crippen LogP contribution in [0.5, 0.6) is 0 Å². The van der Waals surface area contributed by atoms with Crippen LogP contribution in [-0.2, 0) is 29.2 Å². The van der Waals surface area contributed by atoms with Crippen LogP contribution in [0.3, 0.4) is 0 Å². The van der Waals surface area contributed by atoms with Crippen molar-refractivity contribution in [2.24, 2.45) is 0 Å². The summed E-state index contributed by atoms with van der Waals surface area (Å²) in [5.74, 6) is 0. The van der Waals surface area contributed by atoms with Gasteiger partial charge in [-0.3, -0.25) is 0 Å². The molecule has 4 aromatic rings. The summed E-state index contributed by atoms with van der Waals surface area (Å²) in [5.41, 5.74) is 16.4. The molecule has 1 unspecified atom stereocenters. The Morgan fingerprint density at radius 2 is 1.49 bits per heavy atom. The van der Waals surface area contributed by atoms with Gasteiger partial charge in [-0.25, -0.2) is 0 Å². The van der Waals surface area contributed by atoms with E-state index in [-0.39, 0.29) is 24.8 Å². The van der Waals surface area contributed by atoms with Crippen molar-refractivity contribution in [3.05, 3.63) is 148 Å². The maximum Gasteiger partial charge on any atom is -1.00 e. The third-order valence-electron chi connectivity index (χ3n) is 7.86. The molecule has 0 bridgehead atoms. The van der Waals surface area contributed by atoms with Gasteiger partial charge < -0.3 is 24.8 Å². The van der Waals surface area contributed by atoms with Crippen LogP contribution in [0.1, 0.15) is 67.9 Å². The first-order valence-corrected chi connectivity index (χ1v) is 16.2. The molecule has 0 heterocycles. The van der Waals surface area contributed by atoms with Crippen LogP contribution in [-0.4, -0.2) is 3.21 Å². The van der Waals surface area contributed by atoms with Crippen LogP contribution < -0.4 is 24.8 Å². The number of allylic oxidation sites excluding steroid dienone is 4. The maximum atomic E-state index is 2.55. The fraction of sp³-hybridized carbons (Fsp3) is 0.194. The molecule has 2 aliphatic rings. The van der Waals surface area contributed by atoms with Crippen LogP contribution in [0, 0.1) is 13.8 Å². The predicted molar refractivity (Wildman–Crippen MR) is 155 cm³/mol. The summed E-state index contributed by atoms with van der Waals surface area (Å²) in [6.07, 6.45) is 10.3. The summed E-state index contributed by atoms with van der Waals surface area (Å²) < 4.78 is 2.09. The van der Waals surface area contributed by atoms with Crippen molar-refractivity contribution in [2.45, 2.75) is 43.7 Å². The van der Waals surface area contributed by atoms with Crippen LogP contribution >= 0.6 is 0 Å². The molecule has 6 rings (SSSR count). The smallest absolute Gasteiger partial charge is 1.00 e. The van der Waals surface area contributed by atoms with E-state index in [0.717, 1.165) is 12.8 Å². The van der Waals surface area contributed by atoms with Crippen LogP contribution in [0.25, 0.3) is 16.7 Å². The molecule has 0 spiro atoms. The Morgan fingerprint density at radius 1 is 0.821 bits per heavy atom. The van der Waals surface area contributed by atoms with Crippen molar-refractivity contribution in [3.8, 4) is 11.1 Å². The molecule has 195 valence electrons. The molecule has 0 radical (unpaired) electrons. The molecule has 0 saturated carbocycles. The Bertz CT molecular complexity index is 1520. The predicted octanol–water partition coefficient (Wildman–Crippen LogP) is 3.03. The normalized spacial score (nSPS) is 14.4. The minimum atomic E-state index is -1.13. The van der Waals surface area contributed by atoms with Crippen molar-refractivity contribution in [1.82, 2.24) is 0 Å². The van der Waals surface area contributed by atoms with Crippen molar-refractivity contribution < 1.29 is 47.6 Å². The average Bonchev–Trinajstić information content (AvgIpc) is 3.55. The minimum absolute atomic E-state index is 0. The third-order valence-corrected chi connectivity index (χ3v) is 12.2. The molecular formula is C36H33Cl2Zr. The van der Waals surface area contributed by atoms with E-state index in [2.05, 4.69) is 124 Å². The Balaban J connectivity index is 0.00000176. The van der Waals surface area contributed by atoms with Crippen molar-refractivity contribution in [2.75, 3.05) is 0 Å². The van der Waals surface area contributed by atoms with E-state index in [1.807, 2.05) is 0 Å². The van der Waals surface area contributed by atoms with E-state index in [1.165, 1.54) is 50.9 Å². The quantitative estimate of drug-likeness (QED) is 0.309. The number of hydrogen-bond acceptors (Lipinski definition) is 0. The first-order valence-electron chi connectivity index (χ1n) is 13.5. The van der Waals surface area contributed by atoms with Gasteiger partial charge in [-0.1, -0.05) is 0 Å². The Hall–Kier alpha value is -2.31. The average molecular weight is 628 g/mol. The van der Waals surface area contributed by atoms with Gasteiger partial charge in [-0.05, 0) is 0 Å². The Labute approximate surface area is 257 Å². The van der Waals surface area contributed by atoms with Gasteiger partial charge in [0.15, 0.2) is 0 Å². The monoisotopic (exact) mass is 625 g/mol. The Morgan fingerprint density at radius 3 is 2.08 bits per heavy atom. The summed E-state index contributed by atoms with van der Waals surface area (Å²) >= 11 is -1.13. The van der Waals surface area contributed by atoms with Gasteiger partial charge in [0, 0.05) is 0 Å². The second-order valence-corrected chi connectivity index (χ2v) is 13.7. The summed E-state index contributed by atoms with van der Waals surface area (Å²) in [6, 6.07) is 32.1. The largest absolute Gasteiger partial charge is 1.00 e. The zero-order valence-electron chi connectivity index (χ0n) is 22.8. The first kappa shape index (κ1) is 29.7. The van der Waals surface area contributed by atoms with Gasteiger partial charge in [-0.15, -0.1) is 0 Å². The molecule has 39 heavy (non-hydrogen) atoms. The number of benzene rings is 4. The number of halogens is 2. The van der Waals surface area contributed by atoms with E-state index in [1.54, 1.807) is 19.9 Å². The molecule has 2 aliphatic carbocycles. The summed E-state index contributed by atoms with van der Waals surface area (Å²) in [5, 5.41) is 0. The van der Waals surface area contributed by atoms with Gasteiger partial charge in [0.1, 0.15) is 0 Å². The third kappa shape index (κ3) is 5.65. The van der Waals surface area contributed by atoms with E-state index in [9.17, 15) is 0 Å². The van der Waals surface area contributed by atoms with Gasteiger partial charge in [0.2, 0.25) is 0 Å². The SMILES string of the molecule is CCCc1cc2c(c(C3=CC=CC3)c1C)[CH]([Zr+2]=[C](c1ccccc1)c1ccccc1)c1cc(C)ccc1-2.[Cl-].[Cl-]. The van der Waals surface area contributed by atoms with E-state index in [4.69, 9.17) is 0 Å². The maximum absolute atomic E-state index is 2.55. The fourth-order valence-electron chi connectivity index (χ4n) is 6.11. The van der Waals surface area contributed by atoms with Crippen molar-refractivity contribution in [3.63, 3.8) is 0 Å². The molecular weight excluding hydrogens is 595 g/mol. The van der Waals surface area contributed by atoms with Crippen LogP contribution in [0.2, 0.25) is 0 Å². The van der Waals surface area contributed by atoms with Gasteiger partial charge >= 0.3 is 234 Å². The standard InChI is InChI=1S/C23H23.C13H10.2ClH.Zr/c1-4-7-18-13-21-20-11-10-15(2)12-19(20)14-22(21)23(16(18)3)17-8-5-6-9-17;1-3-7-12(8-4-1)11-13-9-5-2-6-10-13;;;/h5-6,8,10-14H,4,7,9H2,1-3H3;1-10H;2*1H;/q;;;;+2/p-2. The van der Waals surface area contributed by atoms with E-state index >= 15 is 0 Å². The topological polar surface area (TPSA) is 0 Å². The number of fused-ring (bicyclic) bond motifs is 3. The molecule has 1 atom stereocenters. The summed E-state index contributed by atoms with van der Waals surface area (Å²) in [6.45, 7) is 6.94. The number of rotatable bonds is 6. The molecule has 0 aromatic heterocycles. The zero-order valence-corrected chi connectivity index (χ0v) is 26.7. The number of hydrogen-bond donors (Lipinski definition) is 0. The first-order chi connectivity index (χ1) is 18.2.